The van der Waals surface area contributed by atoms with Gasteiger partial charge in [-0.05, 0) is 36.4 Å². The van der Waals surface area contributed by atoms with E-state index in [0.717, 1.165) is 21.7 Å². The molecule has 2 unspecified atom stereocenters. The first-order valence-electron chi connectivity index (χ1n) is 9.82. The third-order valence-corrected chi connectivity index (χ3v) is 6.42. The molecule has 8 nitrogen and oxygen atoms in total. The fourth-order valence-electron chi connectivity index (χ4n) is 3.52. The molecule has 5 atom stereocenters. The Kier molecular flexibility index (Phi) is 6.91. The van der Waals surface area contributed by atoms with Crippen molar-refractivity contribution in [1.29, 1.82) is 0 Å². The van der Waals surface area contributed by atoms with Crippen LogP contribution in [0.5, 0.6) is 5.75 Å². The SMILES string of the molecule is COc1ccc(S[C@H]2OC(CO)[C@H](O)C(n3cc(-c4cc(F)c(F)c(F)c4)nn3)[C@@H]2O)cc1. The molecule has 12 heteroatoms. The van der Waals surface area contributed by atoms with Crippen LogP contribution in [0, 0.1) is 17.5 Å². The van der Waals surface area contributed by atoms with Gasteiger partial charge in [0.25, 0.3) is 0 Å². The van der Waals surface area contributed by atoms with Crippen molar-refractivity contribution in [2.75, 3.05) is 13.7 Å². The molecule has 1 aliphatic rings. The number of methoxy groups -OCH3 is 1. The second-order valence-electron chi connectivity index (χ2n) is 7.33. The Labute approximate surface area is 190 Å². The van der Waals surface area contributed by atoms with Gasteiger partial charge in [0.15, 0.2) is 17.5 Å². The van der Waals surface area contributed by atoms with Gasteiger partial charge in [0.2, 0.25) is 0 Å². The largest absolute Gasteiger partial charge is 0.497 e. The van der Waals surface area contributed by atoms with E-state index >= 15 is 0 Å². The predicted molar refractivity (Wildman–Crippen MR) is 111 cm³/mol. The Bertz CT molecular complexity index is 1090. The molecule has 1 saturated heterocycles. The Morgan fingerprint density at radius 2 is 1.76 bits per heavy atom. The summed E-state index contributed by atoms with van der Waals surface area (Å²) >= 11 is 1.17. The number of aromatic nitrogens is 3. The molecule has 0 spiro atoms. The topological polar surface area (TPSA) is 110 Å². The fraction of sp³-hybridized carbons (Fsp3) is 0.333. The zero-order valence-electron chi connectivity index (χ0n) is 17.2. The van der Waals surface area contributed by atoms with Crippen molar-refractivity contribution in [2.45, 2.75) is 34.7 Å². The van der Waals surface area contributed by atoms with Crippen LogP contribution in [0.2, 0.25) is 0 Å². The third kappa shape index (κ3) is 4.70. The average molecular weight is 483 g/mol. The fourth-order valence-corrected chi connectivity index (χ4v) is 4.58. The minimum atomic E-state index is -1.61. The van der Waals surface area contributed by atoms with E-state index in [2.05, 4.69) is 10.3 Å². The quantitative estimate of drug-likeness (QED) is 0.458. The van der Waals surface area contributed by atoms with Gasteiger partial charge >= 0.3 is 0 Å². The molecule has 176 valence electrons. The summed E-state index contributed by atoms with van der Waals surface area (Å²) in [5.41, 5.74) is -0.965. The Hall–Kier alpha value is -2.64. The number of benzene rings is 2. The lowest BCUT2D eigenvalue weighted by molar-refractivity contribution is -0.178. The van der Waals surface area contributed by atoms with E-state index in [-0.39, 0.29) is 11.3 Å². The molecule has 0 amide bonds. The maximum atomic E-state index is 13.6. The molecule has 1 aromatic heterocycles. The Morgan fingerprint density at radius 1 is 1.09 bits per heavy atom. The first-order valence-corrected chi connectivity index (χ1v) is 10.7. The molecule has 2 aromatic carbocycles. The Balaban J connectivity index is 1.61. The summed E-state index contributed by atoms with van der Waals surface area (Å²) in [5, 5.41) is 39.0. The number of nitrogens with zero attached hydrogens (tertiary/aromatic N) is 3. The summed E-state index contributed by atoms with van der Waals surface area (Å²) in [5.74, 6) is -3.73. The number of aliphatic hydroxyl groups excluding tert-OH is 3. The van der Waals surface area contributed by atoms with Crippen LogP contribution in [0.1, 0.15) is 6.04 Å². The third-order valence-electron chi connectivity index (χ3n) is 5.26. The first-order chi connectivity index (χ1) is 15.8. The molecule has 1 aliphatic heterocycles. The van der Waals surface area contributed by atoms with Crippen LogP contribution in [0.4, 0.5) is 13.2 Å². The van der Waals surface area contributed by atoms with E-state index in [1.54, 1.807) is 24.3 Å². The standard InChI is InChI=1S/C21H20F3N3O5S/c1-31-11-2-4-12(5-3-11)33-21-20(30)18(19(29)16(9-28)32-21)27-8-15(25-26-27)10-6-13(22)17(24)14(23)7-10/h2-8,16,18-21,28-30H,9H2,1H3/t16?,18?,19-,20-,21+/m0/s1. The monoisotopic (exact) mass is 483 g/mol. The summed E-state index contributed by atoms with van der Waals surface area (Å²) in [6, 6.07) is 7.43. The average Bonchev–Trinajstić information content (AvgIpc) is 3.29. The predicted octanol–water partition coefficient (Wildman–Crippen LogP) is 2.14. The van der Waals surface area contributed by atoms with E-state index in [1.807, 2.05) is 0 Å². The van der Waals surface area contributed by atoms with Gasteiger partial charge in [-0.3, -0.25) is 0 Å². The lowest BCUT2D eigenvalue weighted by Crippen LogP contribution is -2.55. The summed E-state index contributed by atoms with van der Waals surface area (Å²) in [7, 11) is 1.54. The maximum Gasteiger partial charge on any atom is 0.194 e. The van der Waals surface area contributed by atoms with Crippen molar-refractivity contribution in [3.8, 4) is 17.0 Å². The van der Waals surface area contributed by atoms with Crippen molar-refractivity contribution < 1.29 is 38.0 Å². The molecular formula is C21H20F3N3O5S. The molecular weight excluding hydrogens is 463 g/mol. The number of rotatable bonds is 6. The molecule has 0 aliphatic carbocycles. The van der Waals surface area contributed by atoms with Crippen LogP contribution in [0.25, 0.3) is 11.3 Å². The number of thioether (sulfide) groups is 1. The Morgan fingerprint density at radius 3 is 2.36 bits per heavy atom. The first kappa shape index (κ1) is 23.5. The minimum absolute atomic E-state index is 0.00130. The van der Waals surface area contributed by atoms with Crippen LogP contribution >= 0.6 is 11.8 Å². The highest BCUT2D eigenvalue weighted by Gasteiger charge is 2.46. The number of ether oxygens (including phenoxy) is 2. The van der Waals surface area contributed by atoms with Crippen molar-refractivity contribution >= 4 is 11.8 Å². The summed E-state index contributed by atoms with van der Waals surface area (Å²) in [4.78, 5) is 0.739. The van der Waals surface area contributed by atoms with Gasteiger partial charge in [0, 0.05) is 10.5 Å². The van der Waals surface area contributed by atoms with E-state index in [9.17, 15) is 28.5 Å². The van der Waals surface area contributed by atoms with Crippen LogP contribution in [-0.2, 0) is 4.74 Å². The van der Waals surface area contributed by atoms with Crippen LogP contribution in [-0.4, -0.2) is 67.8 Å². The molecule has 3 aromatic rings. The maximum absolute atomic E-state index is 13.6. The second-order valence-corrected chi connectivity index (χ2v) is 8.50. The van der Waals surface area contributed by atoms with Crippen molar-refractivity contribution in [3.63, 3.8) is 0 Å². The normalized spacial score (nSPS) is 25.2. The van der Waals surface area contributed by atoms with Gasteiger partial charge in [-0.1, -0.05) is 17.0 Å². The zero-order chi connectivity index (χ0) is 23.7. The van der Waals surface area contributed by atoms with E-state index in [1.165, 1.54) is 25.1 Å². The van der Waals surface area contributed by atoms with Gasteiger partial charge in [0.1, 0.15) is 41.2 Å². The van der Waals surface area contributed by atoms with Gasteiger partial charge in [-0.15, -0.1) is 5.10 Å². The molecule has 1 fully saturated rings. The van der Waals surface area contributed by atoms with E-state index in [0.29, 0.717) is 5.75 Å². The van der Waals surface area contributed by atoms with Gasteiger partial charge < -0.3 is 24.8 Å². The molecule has 0 saturated carbocycles. The number of hydrogen-bond acceptors (Lipinski definition) is 8. The zero-order valence-corrected chi connectivity index (χ0v) is 18.0. The highest BCUT2D eigenvalue weighted by Crippen LogP contribution is 2.38. The van der Waals surface area contributed by atoms with Gasteiger partial charge in [0.05, 0.1) is 19.9 Å². The van der Waals surface area contributed by atoms with Crippen molar-refractivity contribution in [1.82, 2.24) is 15.0 Å². The second kappa shape index (κ2) is 9.69. The number of halogens is 3. The molecule has 2 heterocycles. The van der Waals surface area contributed by atoms with Crippen LogP contribution in [0.15, 0.2) is 47.5 Å². The highest BCUT2D eigenvalue weighted by molar-refractivity contribution is 7.99. The van der Waals surface area contributed by atoms with Crippen molar-refractivity contribution in [2.24, 2.45) is 0 Å². The molecule has 0 radical (unpaired) electrons. The van der Waals surface area contributed by atoms with Crippen molar-refractivity contribution in [3.05, 3.63) is 60.0 Å². The molecule has 3 N–H and O–H groups in total. The number of hydrogen-bond donors (Lipinski definition) is 3. The molecule has 33 heavy (non-hydrogen) atoms. The summed E-state index contributed by atoms with van der Waals surface area (Å²) in [6.45, 7) is -0.528. The summed E-state index contributed by atoms with van der Waals surface area (Å²) in [6.07, 6.45) is -2.44. The minimum Gasteiger partial charge on any atom is -0.497 e. The van der Waals surface area contributed by atoms with Gasteiger partial charge in [-0.25, -0.2) is 17.9 Å². The lowest BCUT2D eigenvalue weighted by Gasteiger charge is -2.41. The smallest absolute Gasteiger partial charge is 0.194 e. The van der Waals surface area contributed by atoms with E-state index < -0.39 is 53.8 Å². The lowest BCUT2D eigenvalue weighted by atomic mass is 9.97. The van der Waals surface area contributed by atoms with Crippen LogP contribution in [0.3, 0.4) is 0 Å². The van der Waals surface area contributed by atoms with E-state index in [4.69, 9.17) is 9.47 Å². The van der Waals surface area contributed by atoms with Gasteiger partial charge in [-0.2, -0.15) is 0 Å². The molecule has 4 rings (SSSR count). The number of aliphatic hydroxyl groups is 3. The highest BCUT2D eigenvalue weighted by atomic mass is 32.2. The van der Waals surface area contributed by atoms with Crippen LogP contribution < -0.4 is 4.74 Å². The summed E-state index contributed by atoms with van der Waals surface area (Å²) < 4.78 is 52.4. The molecule has 0 bridgehead atoms.